The number of hydrogen-bond acceptors (Lipinski definition) is 6. The highest BCUT2D eigenvalue weighted by Crippen LogP contribution is 2.44. The number of ether oxygens (including phenoxy) is 1. The van der Waals surface area contributed by atoms with E-state index in [9.17, 15) is 18.0 Å². The number of nitrogens with zero attached hydrogens (tertiary/aromatic N) is 5. The van der Waals surface area contributed by atoms with Crippen LogP contribution >= 0.6 is 11.6 Å². The summed E-state index contributed by atoms with van der Waals surface area (Å²) in [5.41, 5.74) is -2.27. The molecule has 2 aliphatic rings. The third-order valence-corrected chi connectivity index (χ3v) is 5.89. The van der Waals surface area contributed by atoms with Crippen molar-refractivity contribution >= 4 is 23.4 Å². The molecular weight excluding hydrogens is 423 g/mol. The summed E-state index contributed by atoms with van der Waals surface area (Å²) in [5.74, 6) is 0.343. The molecular formula is C19H21ClF3N5O2. The summed E-state index contributed by atoms with van der Waals surface area (Å²) < 4.78 is 48.9. The average Bonchev–Trinajstić information content (AvgIpc) is 2.96. The van der Waals surface area contributed by atoms with Crippen molar-refractivity contribution in [3.05, 3.63) is 45.5 Å². The Kier molecular flexibility index (Phi) is 5.17. The fourth-order valence-corrected chi connectivity index (χ4v) is 4.07. The highest BCUT2D eigenvalue weighted by molar-refractivity contribution is 6.29. The van der Waals surface area contributed by atoms with Crippen molar-refractivity contribution in [2.45, 2.75) is 44.7 Å². The number of halogens is 4. The van der Waals surface area contributed by atoms with Crippen LogP contribution in [0.1, 0.15) is 19.4 Å². The number of anilines is 2. The summed E-state index contributed by atoms with van der Waals surface area (Å²) in [6.45, 7) is 3.78. The molecule has 162 valence electrons. The van der Waals surface area contributed by atoms with Gasteiger partial charge in [0.1, 0.15) is 11.0 Å². The maximum atomic E-state index is 14.1. The minimum atomic E-state index is -4.59. The fourth-order valence-electron chi connectivity index (χ4n) is 3.88. The Labute approximate surface area is 176 Å². The molecule has 0 spiro atoms. The second kappa shape index (κ2) is 7.42. The van der Waals surface area contributed by atoms with Crippen molar-refractivity contribution in [3.8, 4) is 0 Å². The van der Waals surface area contributed by atoms with Crippen LogP contribution in [0.3, 0.4) is 0 Å². The summed E-state index contributed by atoms with van der Waals surface area (Å²) >= 11 is 5.92. The molecule has 4 rings (SSSR count). The van der Waals surface area contributed by atoms with E-state index in [0.717, 1.165) is 16.4 Å². The third kappa shape index (κ3) is 3.51. The van der Waals surface area contributed by atoms with E-state index in [2.05, 4.69) is 9.97 Å². The summed E-state index contributed by atoms with van der Waals surface area (Å²) in [5, 5.41) is 0.182. The first-order valence-corrected chi connectivity index (χ1v) is 9.89. The Morgan fingerprint density at radius 1 is 1.37 bits per heavy atom. The number of morpholine rings is 1. The fraction of sp³-hybridized carbons (Fsp3) is 0.526. The molecule has 7 nitrogen and oxygen atoms in total. The van der Waals surface area contributed by atoms with E-state index in [1.165, 1.54) is 18.3 Å². The molecule has 2 atom stereocenters. The van der Waals surface area contributed by atoms with Gasteiger partial charge in [-0.25, -0.2) is 4.98 Å². The van der Waals surface area contributed by atoms with Crippen LogP contribution in [0, 0.1) is 0 Å². The minimum absolute atomic E-state index is 0.0102. The van der Waals surface area contributed by atoms with E-state index in [1.54, 1.807) is 6.07 Å². The van der Waals surface area contributed by atoms with E-state index in [0.29, 0.717) is 31.1 Å². The zero-order valence-corrected chi connectivity index (χ0v) is 17.2. The lowest BCUT2D eigenvalue weighted by atomic mass is 10.00. The van der Waals surface area contributed by atoms with E-state index >= 15 is 0 Å². The first-order valence-electron chi connectivity index (χ1n) is 9.51. The Balaban J connectivity index is 1.81. The second-order valence-electron chi connectivity index (χ2n) is 7.80. The van der Waals surface area contributed by atoms with Gasteiger partial charge in [0.25, 0.3) is 5.56 Å². The molecule has 0 bridgehead atoms. The molecule has 0 amide bonds. The molecule has 0 aromatic carbocycles. The summed E-state index contributed by atoms with van der Waals surface area (Å²) in [6, 6.07) is 4.36. The topological polar surface area (TPSA) is 63.5 Å². The highest BCUT2D eigenvalue weighted by Gasteiger charge is 2.59. The van der Waals surface area contributed by atoms with Crippen LogP contribution < -0.4 is 15.4 Å². The van der Waals surface area contributed by atoms with Crippen LogP contribution in [0.2, 0.25) is 5.15 Å². The van der Waals surface area contributed by atoms with Crippen LogP contribution in [0.4, 0.5) is 24.9 Å². The van der Waals surface area contributed by atoms with Gasteiger partial charge >= 0.3 is 6.18 Å². The molecule has 11 heteroatoms. The van der Waals surface area contributed by atoms with Crippen molar-refractivity contribution in [2.75, 3.05) is 29.6 Å². The number of fused-ring (bicyclic) bond motifs is 1. The van der Waals surface area contributed by atoms with Gasteiger partial charge in [-0.1, -0.05) is 11.6 Å². The van der Waals surface area contributed by atoms with Crippen LogP contribution in [-0.2, 0) is 17.8 Å². The molecule has 1 saturated heterocycles. The maximum Gasteiger partial charge on any atom is 0.413 e. The lowest BCUT2D eigenvalue weighted by Gasteiger charge is -2.37. The summed E-state index contributed by atoms with van der Waals surface area (Å²) in [6.07, 6.45) is -3.15. The predicted molar refractivity (Wildman–Crippen MR) is 106 cm³/mol. The van der Waals surface area contributed by atoms with Gasteiger partial charge in [0.15, 0.2) is 5.54 Å². The van der Waals surface area contributed by atoms with Crippen molar-refractivity contribution < 1.29 is 17.9 Å². The van der Waals surface area contributed by atoms with Gasteiger partial charge in [0.2, 0.25) is 5.95 Å². The average molecular weight is 444 g/mol. The lowest BCUT2D eigenvalue weighted by molar-refractivity contribution is -0.182. The molecule has 30 heavy (non-hydrogen) atoms. The van der Waals surface area contributed by atoms with Gasteiger partial charge in [-0.3, -0.25) is 9.36 Å². The molecule has 2 aromatic rings. The number of rotatable bonds is 3. The molecule has 2 aliphatic heterocycles. The molecule has 2 aromatic heterocycles. The molecule has 2 unspecified atom stereocenters. The monoisotopic (exact) mass is 443 g/mol. The maximum absolute atomic E-state index is 14.1. The number of aromatic nitrogens is 3. The molecule has 0 N–H and O–H groups in total. The summed E-state index contributed by atoms with van der Waals surface area (Å²) in [4.78, 5) is 24.2. The normalized spacial score (nSPS) is 24.3. The van der Waals surface area contributed by atoms with E-state index in [4.69, 9.17) is 16.3 Å². The molecule has 0 aliphatic carbocycles. The largest absolute Gasteiger partial charge is 0.413 e. The predicted octanol–water partition coefficient (Wildman–Crippen LogP) is 2.86. The first kappa shape index (κ1) is 20.9. The summed E-state index contributed by atoms with van der Waals surface area (Å²) in [7, 11) is 0. The number of alkyl halides is 3. The van der Waals surface area contributed by atoms with Crippen LogP contribution in [0.15, 0.2) is 29.2 Å². The third-order valence-electron chi connectivity index (χ3n) is 5.68. The molecule has 0 radical (unpaired) electrons. The Bertz CT molecular complexity index is 1010. The Morgan fingerprint density at radius 2 is 2.13 bits per heavy atom. The Hall–Kier alpha value is -2.33. The van der Waals surface area contributed by atoms with Crippen molar-refractivity contribution in [1.82, 2.24) is 14.5 Å². The van der Waals surface area contributed by atoms with Gasteiger partial charge in [0, 0.05) is 25.4 Å². The van der Waals surface area contributed by atoms with E-state index in [1.807, 2.05) is 11.8 Å². The molecule has 4 heterocycles. The second-order valence-corrected chi connectivity index (χ2v) is 8.19. The van der Waals surface area contributed by atoms with Gasteiger partial charge in [-0.2, -0.15) is 18.2 Å². The van der Waals surface area contributed by atoms with Crippen LogP contribution in [0.25, 0.3) is 0 Å². The van der Waals surface area contributed by atoms with Crippen LogP contribution in [-0.4, -0.2) is 52.1 Å². The quantitative estimate of drug-likeness (QED) is 0.680. The van der Waals surface area contributed by atoms with Gasteiger partial charge in [-0.05, 0) is 31.5 Å². The highest BCUT2D eigenvalue weighted by atomic mass is 35.5. The van der Waals surface area contributed by atoms with Gasteiger partial charge in [-0.15, -0.1) is 0 Å². The molecule has 0 saturated carbocycles. The van der Waals surface area contributed by atoms with Gasteiger partial charge in [0.05, 0.1) is 25.8 Å². The molecule has 1 fully saturated rings. The number of pyridine rings is 1. The number of hydrogen-bond donors (Lipinski definition) is 0. The van der Waals surface area contributed by atoms with E-state index in [-0.39, 0.29) is 23.7 Å². The SMILES string of the molecule is CC1COCCN1c1cc(=O)n2c(n1)N(Cc1ccnc(Cl)c1)C(C)(C(F)(F)F)C2. The zero-order chi connectivity index (χ0) is 21.7. The van der Waals surface area contributed by atoms with Crippen LogP contribution in [0.5, 0.6) is 0 Å². The van der Waals surface area contributed by atoms with Crippen molar-refractivity contribution in [1.29, 1.82) is 0 Å². The standard InChI is InChI=1S/C19H21ClF3N5O2/c1-12-10-30-6-5-26(12)15-8-16(29)27-11-18(2,19(21,22)23)28(17(27)25-15)9-13-3-4-24-14(20)7-13/h3-4,7-8,12H,5-6,9-11H2,1-2H3. The van der Waals surface area contributed by atoms with Crippen molar-refractivity contribution in [3.63, 3.8) is 0 Å². The lowest BCUT2D eigenvalue weighted by Crippen LogP contribution is -2.55. The zero-order valence-electron chi connectivity index (χ0n) is 16.5. The Morgan fingerprint density at radius 3 is 2.80 bits per heavy atom. The van der Waals surface area contributed by atoms with Gasteiger partial charge < -0.3 is 14.5 Å². The minimum Gasteiger partial charge on any atom is -0.377 e. The van der Waals surface area contributed by atoms with Crippen molar-refractivity contribution in [2.24, 2.45) is 0 Å². The first-order chi connectivity index (χ1) is 14.1. The van der Waals surface area contributed by atoms with E-state index < -0.39 is 23.8 Å². The smallest absolute Gasteiger partial charge is 0.377 e.